The summed E-state index contributed by atoms with van der Waals surface area (Å²) in [6.07, 6.45) is 7.42. The van der Waals surface area contributed by atoms with Crippen LogP contribution in [-0.2, 0) is 0 Å². The van der Waals surface area contributed by atoms with Crippen LogP contribution >= 0.6 is 0 Å². The molecule has 0 heterocycles. The van der Waals surface area contributed by atoms with Crippen LogP contribution in [0.25, 0.3) is 0 Å². The molecule has 2 aliphatic carbocycles. The first-order valence-corrected chi connectivity index (χ1v) is 6.00. The average molecular weight is 181 g/mol. The van der Waals surface area contributed by atoms with E-state index in [1.807, 2.05) is 0 Å². The lowest BCUT2D eigenvalue weighted by atomic mass is 9.79. The average Bonchev–Trinajstić information content (AvgIpc) is 2.73. The molecule has 0 aromatic rings. The molecule has 1 N–H and O–H groups in total. The summed E-state index contributed by atoms with van der Waals surface area (Å²) in [6, 6.07) is 0. The Morgan fingerprint density at radius 1 is 1.23 bits per heavy atom. The van der Waals surface area contributed by atoms with Crippen LogP contribution in [0.1, 0.15) is 46.0 Å². The summed E-state index contributed by atoms with van der Waals surface area (Å²) in [5.74, 6) is 2.26. The zero-order chi connectivity index (χ0) is 9.31. The van der Waals surface area contributed by atoms with Crippen molar-refractivity contribution < 1.29 is 0 Å². The van der Waals surface area contributed by atoms with Gasteiger partial charge in [-0.05, 0) is 49.5 Å². The van der Waals surface area contributed by atoms with Gasteiger partial charge in [-0.2, -0.15) is 0 Å². The molecular weight excluding hydrogens is 158 g/mol. The van der Waals surface area contributed by atoms with Crippen LogP contribution in [0.4, 0.5) is 0 Å². The number of nitrogens with one attached hydrogen (secondary N) is 1. The second-order valence-corrected chi connectivity index (χ2v) is 5.19. The van der Waals surface area contributed by atoms with Crippen molar-refractivity contribution in [3.05, 3.63) is 0 Å². The fourth-order valence-corrected chi connectivity index (χ4v) is 3.36. The monoisotopic (exact) mass is 181 g/mol. The van der Waals surface area contributed by atoms with Crippen LogP contribution in [0.5, 0.6) is 0 Å². The highest BCUT2D eigenvalue weighted by atomic mass is 14.9. The molecule has 2 fully saturated rings. The van der Waals surface area contributed by atoms with Gasteiger partial charge < -0.3 is 5.32 Å². The Bertz CT molecular complexity index is 166. The molecule has 2 saturated carbocycles. The molecule has 1 nitrogen and oxygen atoms in total. The van der Waals surface area contributed by atoms with Gasteiger partial charge in [-0.15, -0.1) is 0 Å². The van der Waals surface area contributed by atoms with E-state index in [2.05, 4.69) is 19.2 Å². The standard InChI is InChI=1S/C12H23N/c1-3-5-12(9-13-4-2)7-10-6-11(10)8-12/h10-11,13H,3-9H2,1-2H3. The maximum Gasteiger partial charge on any atom is 0.000790 e. The molecule has 0 spiro atoms. The van der Waals surface area contributed by atoms with Gasteiger partial charge in [0.05, 0.1) is 0 Å². The van der Waals surface area contributed by atoms with Crippen molar-refractivity contribution in [2.24, 2.45) is 17.3 Å². The van der Waals surface area contributed by atoms with Crippen LogP contribution in [0, 0.1) is 17.3 Å². The highest BCUT2D eigenvalue weighted by Gasteiger charge is 2.52. The van der Waals surface area contributed by atoms with Crippen molar-refractivity contribution in [3.63, 3.8) is 0 Å². The van der Waals surface area contributed by atoms with Crippen LogP contribution in [0.2, 0.25) is 0 Å². The number of fused-ring (bicyclic) bond motifs is 1. The van der Waals surface area contributed by atoms with Crippen LogP contribution in [0.3, 0.4) is 0 Å². The molecule has 13 heavy (non-hydrogen) atoms. The van der Waals surface area contributed by atoms with Gasteiger partial charge in [0.25, 0.3) is 0 Å². The highest BCUT2D eigenvalue weighted by Crippen LogP contribution is 2.61. The first kappa shape index (κ1) is 9.51. The highest BCUT2D eigenvalue weighted by molar-refractivity contribution is 5.03. The van der Waals surface area contributed by atoms with Gasteiger partial charge in [-0.25, -0.2) is 0 Å². The summed E-state index contributed by atoms with van der Waals surface area (Å²) in [5.41, 5.74) is 0.707. The molecule has 0 saturated heterocycles. The molecule has 2 aliphatic rings. The quantitative estimate of drug-likeness (QED) is 0.687. The molecule has 0 amide bonds. The summed E-state index contributed by atoms with van der Waals surface area (Å²) in [4.78, 5) is 0. The number of rotatable bonds is 5. The zero-order valence-corrected chi connectivity index (χ0v) is 9.10. The molecule has 0 aromatic heterocycles. The van der Waals surface area contributed by atoms with Crippen LogP contribution in [0.15, 0.2) is 0 Å². The van der Waals surface area contributed by atoms with Crippen LogP contribution in [-0.4, -0.2) is 13.1 Å². The summed E-state index contributed by atoms with van der Waals surface area (Å²) in [7, 11) is 0. The van der Waals surface area contributed by atoms with Gasteiger partial charge in [-0.3, -0.25) is 0 Å². The Morgan fingerprint density at radius 2 is 1.92 bits per heavy atom. The molecule has 2 atom stereocenters. The van der Waals surface area contributed by atoms with E-state index in [-0.39, 0.29) is 0 Å². The number of hydrogen-bond donors (Lipinski definition) is 1. The summed E-state index contributed by atoms with van der Waals surface area (Å²) in [5, 5.41) is 3.56. The van der Waals surface area contributed by atoms with Crippen molar-refractivity contribution in [1.82, 2.24) is 5.32 Å². The first-order chi connectivity index (χ1) is 6.29. The van der Waals surface area contributed by atoms with Gasteiger partial charge in [0.15, 0.2) is 0 Å². The van der Waals surface area contributed by atoms with Gasteiger partial charge >= 0.3 is 0 Å². The predicted octanol–water partition coefficient (Wildman–Crippen LogP) is 2.81. The maximum atomic E-state index is 3.56. The first-order valence-electron chi connectivity index (χ1n) is 6.00. The summed E-state index contributed by atoms with van der Waals surface area (Å²) >= 11 is 0. The Balaban J connectivity index is 1.87. The molecule has 0 aliphatic heterocycles. The van der Waals surface area contributed by atoms with E-state index < -0.39 is 0 Å². The van der Waals surface area contributed by atoms with Gasteiger partial charge in [0.1, 0.15) is 0 Å². The van der Waals surface area contributed by atoms with Gasteiger partial charge in [-0.1, -0.05) is 20.3 Å². The van der Waals surface area contributed by atoms with Crippen molar-refractivity contribution in [2.75, 3.05) is 13.1 Å². The minimum Gasteiger partial charge on any atom is -0.316 e. The normalized spacial score (nSPS) is 42.0. The molecule has 2 unspecified atom stereocenters. The van der Waals surface area contributed by atoms with Crippen molar-refractivity contribution in [1.29, 1.82) is 0 Å². The van der Waals surface area contributed by atoms with E-state index in [1.165, 1.54) is 32.2 Å². The van der Waals surface area contributed by atoms with E-state index in [0.717, 1.165) is 18.4 Å². The second-order valence-electron chi connectivity index (χ2n) is 5.19. The molecule has 0 aromatic carbocycles. The van der Waals surface area contributed by atoms with Crippen molar-refractivity contribution >= 4 is 0 Å². The third-order valence-electron chi connectivity index (χ3n) is 3.99. The minimum atomic E-state index is 0.707. The smallest absolute Gasteiger partial charge is 0.000790 e. The minimum absolute atomic E-state index is 0.707. The Morgan fingerprint density at radius 3 is 2.46 bits per heavy atom. The Labute approximate surface area is 82.3 Å². The van der Waals surface area contributed by atoms with Gasteiger partial charge in [0.2, 0.25) is 0 Å². The lowest BCUT2D eigenvalue weighted by molar-refractivity contribution is 0.229. The molecule has 0 radical (unpaired) electrons. The predicted molar refractivity (Wildman–Crippen MR) is 56.7 cm³/mol. The topological polar surface area (TPSA) is 12.0 Å². The van der Waals surface area contributed by atoms with Gasteiger partial charge in [0, 0.05) is 6.54 Å². The molecule has 2 rings (SSSR count). The largest absolute Gasteiger partial charge is 0.316 e. The zero-order valence-electron chi connectivity index (χ0n) is 9.10. The molecule has 76 valence electrons. The summed E-state index contributed by atoms with van der Waals surface area (Å²) < 4.78 is 0. The van der Waals surface area contributed by atoms with Crippen LogP contribution < -0.4 is 5.32 Å². The fourth-order valence-electron chi connectivity index (χ4n) is 3.36. The summed E-state index contributed by atoms with van der Waals surface area (Å²) in [6.45, 7) is 6.97. The maximum absolute atomic E-state index is 3.56. The van der Waals surface area contributed by atoms with E-state index >= 15 is 0 Å². The molecule has 0 bridgehead atoms. The van der Waals surface area contributed by atoms with Crippen molar-refractivity contribution in [3.8, 4) is 0 Å². The Hall–Kier alpha value is -0.0400. The number of hydrogen-bond acceptors (Lipinski definition) is 1. The molecular formula is C12H23N. The van der Waals surface area contributed by atoms with E-state index in [4.69, 9.17) is 0 Å². The third kappa shape index (κ3) is 1.90. The molecule has 1 heteroatoms. The lowest BCUT2D eigenvalue weighted by Crippen LogP contribution is -2.33. The van der Waals surface area contributed by atoms with E-state index in [1.54, 1.807) is 6.42 Å². The van der Waals surface area contributed by atoms with E-state index in [0.29, 0.717) is 5.41 Å². The lowest BCUT2D eigenvalue weighted by Gasteiger charge is -2.30. The SMILES string of the molecule is CCCC1(CNCC)CC2CC2C1. The van der Waals surface area contributed by atoms with Crippen molar-refractivity contribution in [2.45, 2.75) is 46.0 Å². The fraction of sp³-hybridized carbons (Fsp3) is 1.00. The third-order valence-corrected chi connectivity index (χ3v) is 3.99. The Kier molecular flexibility index (Phi) is 2.64. The second kappa shape index (κ2) is 3.61. The van der Waals surface area contributed by atoms with E-state index in [9.17, 15) is 0 Å².